The minimum atomic E-state index is -4.26. The van der Waals surface area contributed by atoms with E-state index >= 15 is 0 Å². The van der Waals surface area contributed by atoms with Gasteiger partial charge in [0.2, 0.25) is 0 Å². The van der Waals surface area contributed by atoms with Crippen LogP contribution in [0.2, 0.25) is 0 Å². The van der Waals surface area contributed by atoms with Crippen LogP contribution in [0.5, 0.6) is 0 Å². The largest absolute Gasteiger partial charge is 0.466 e. The van der Waals surface area contributed by atoms with Gasteiger partial charge in [-0.1, -0.05) is 6.58 Å². The van der Waals surface area contributed by atoms with Crippen LogP contribution in [0.1, 0.15) is 6.92 Å². The Morgan fingerprint density at radius 2 is 2.00 bits per heavy atom. The molecule has 0 rings (SSSR count). The second-order valence-electron chi connectivity index (χ2n) is 2.17. The van der Waals surface area contributed by atoms with Gasteiger partial charge in [0.25, 0.3) is 10.1 Å². The Hall–Kier alpha value is -0.880. The summed E-state index contributed by atoms with van der Waals surface area (Å²) in [7, 11) is -3.16. The summed E-state index contributed by atoms with van der Waals surface area (Å²) in [5, 5.41) is -1.33. The zero-order valence-corrected chi connectivity index (χ0v) is 7.59. The Labute approximate surface area is 70.8 Å². The highest BCUT2D eigenvalue weighted by Crippen LogP contribution is 2.09. The lowest BCUT2D eigenvalue weighted by atomic mass is 10.2. The molecule has 0 aromatic carbocycles. The Bertz CT molecular complexity index is 289. The van der Waals surface area contributed by atoms with Crippen LogP contribution in [-0.2, 0) is 19.6 Å². The van der Waals surface area contributed by atoms with Crippen molar-refractivity contribution in [1.29, 1.82) is 0 Å². The average molecular weight is 194 g/mol. The molecule has 0 fully saturated rings. The molecule has 1 unspecified atom stereocenters. The topological polar surface area (TPSA) is 80.7 Å². The van der Waals surface area contributed by atoms with E-state index in [1.807, 2.05) is 0 Å². The first-order valence-electron chi connectivity index (χ1n) is 3.04. The lowest BCUT2D eigenvalue weighted by Gasteiger charge is -2.08. The highest BCUT2D eigenvalue weighted by molar-refractivity contribution is 7.86. The number of carbonyl (C=O) groups excluding carboxylic acids is 1. The maximum absolute atomic E-state index is 10.7. The summed E-state index contributed by atoms with van der Waals surface area (Å²) in [6.07, 6.45) is 0. The lowest BCUT2D eigenvalue weighted by Crippen LogP contribution is -2.24. The van der Waals surface area contributed by atoms with Crippen LogP contribution in [0.3, 0.4) is 0 Å². The zero-order valence-electron chi connectivity index (χ0n) is 6.77. The van der Waals surface area contributed by atoms with Crippen molar-refractivity contribution in [3.05, 3.63) is 12.2 Å². The van der Waals surface area contributed by atoms with Crippen molar-refractivity contribution in [2.75, 3.05) is 7.11 Å². The normalized spacial score (nSPS) is 13.6. The number of rotatable bonds is 3. The van der Waals surface area contributed by atoms with E-state index in [1.165, 1.54) is 0 Å². The molecular formula is C6H10O5S. The Kier molecular flexibility index (Phi) is 3.41. The minimum Gasteiger partial charge on any atom is -0.466 e. The van der Waals surface area contributed by atoms with E-state index in [0.717, 1.165) is 14.0 Å². The molecule has 70 valence electrons. The fraction of sp³-hybridized carbons (Fsp3) is 0.500. The molecule has 0 amide bonds. The summed E-state index contributed by atoms with van der Waals surface area (Å²) < 4.78 is 33.7. The molecule has 1 atom stereocenters. The van der Waals surface area contributed by atoms with E-state index in [0.29, 0.717) is 0 Å². The van der Waals surface area contributed by atoms with Crippen LogP contribution in [-0.4, -0.2) is 31.3 Å². The fourth-order valence-corrected chi connectivity index (χ4v) is 0.933. The summed E-state index contributed by atoms with van der Waals surface area (Å²) in [5.41, 5.74) is -0.292. The molecule has 0 bridgehead atoms. The summed E-state index contributed by atoms with van der Waals surface area (Å²) in [4.78, 5) is 10.7. The van der Waals surface area contributed by atoms with Crippen LogP contribution in [0.4, 0.5) is 0 Å². The van der Waals surface area contributed by atoms with E-state index in [-0.39, 0.29) is 5.57 Å². The van der Waals surface area contributed by atoms with Crippen molar-refractivity contribution in [3.8, 4) is 0 Å². The summed E-state index contributed by atoms with van der Waals surface area (Å²) in [6, 6.07) is 0. The van der Waals surface area contributed by atoms with Crippen molar-refractivity contribution in [2.45, 2.75) is 12.2 Å². The molecule has 1 N–H and O–H groups in total. The van der Waals surface area contributed by atoms with E-state index < -0.39 is 21.3 Å². The highest BCUT2D eigenvalue weighted by Gasteiger charge is 2.25. The molecule has 0 heterocycles. The first kappa shape index (κ1) is 11.1. The summed E-state index contributed by atoms with van der Waals surface area (Å²) >= 11 is 0. The van der Waals surface area contributed by atoms with Crippen LogP contribution < -0.4 is 0 Å². The minimum absolute atomic E-state index is 0.292. The van der Waals surface area contributed by atoms with Crippen molar-refractivity contribution in [2.24, 2.45) is 0 Å². The highest BCUT2D eigenvalue weighted by atomic mass is 32.2. The summed E-state index contributed by atoms with van der Waals surface area (Å²) in [5.74, 6) is -0.847. The molecule has 0 aliphatic carbocycles. The molecule has 0 aromatic heterocycles. The van der Waals surface area contributed by atoms with Crippen molar-refractivity contribution in [3.63, 3.8) is 0 Å². The number of carbonyl (C=O) groups is 1. The van der Waals surface area contributed by atoms with Crippen LogP contribution in [0.15, 0.2) is 12.2 Å². The summed E-state index contributed by atoms with van der Waals surface area (Å²) in [6.45, 7) is 4.33. The van der Waals surface area contributed by atoms with Gasteiger partial charge < -0.3 is 4.74 Å². The van der Waals surface area contributed by atoms with Crippen molar-refractivity contribution < 1.29 is 22.5 Å². The molecular weight excluding hydrogens is 184 g/mol. The average Bonchev–Trinajstić information content (AvgIpc) is 1.98. The van der Waals surface area contributed by atoms with Gasteiger partial charge in [0.05, 0.1) is 12.7 Å². The molecule has 0 radical (unpaired) electrons. The van der Waals surface area contributed by atoms with E-state index in [4.69, 9.17) is 4.55 Å². The first-order valence-corrected chi connectivity index (χ1v) is 4.54. The second-order valence-corrected chi connectivity index (χ2v) is 3.91. The number of ether oxygens (including phenoxy) is 1. The molecule has 0 aromatic rings. The molecule has 5 nitrogen and oxygen atoms in total. The molecule has 6 heteroatoms. The predicted octanol–water partition coefficient (Wildman–Crippen LogP) is -0.00810. The predicted molar refractivity (Wildman–Crippen MR) is 42.2 cm³/mol. The molecule has 0 aliphatic rings. The van der Waals surface area contributed by atoms with Crippen LogP contribution >= 0.6 is 0 Å². The molecule has 0 saturated carbocycles. The Morgan fingerprint density at radius 3 is 2.25 bits per heavy atom. The Morgan fingerprint density at radius 1 is 1.58 bits per heavy atom. The van der Waals surface area contributed by atoms with Gasteiger partial charge in [-0.15, -0.1) is 0 Å². The van der Waals surface area contributed by atoms with Gasteiger partial charge in [-0.3, -0.25) is 4.55 Å². The monoisotopic (exact) mass is 194 g/mol. The molecule has 0 saturated heterocycles. The van der Waals surface area contributed by atoms with Crippen molar-refractivity contribution in [1.82, 2.24) is 0 Å². The van der Waals surface area contributed by atoms with Crippen LogP contribution in [0.25, 0.3) is 0 Å². The molecule has 0 spiro atoms. The van der Waals surface area contributed by atoms with Gasteiger partial charge in [0.1, 0.15) is 5.25 Å². The second kappa shape index (κ2) is 3.68. The number of methoxy groups -OCH3 is 1. The maximum Gasteiger partial charge on any atom is 0.334 e. The third-order valence-electron chi connectivity index (χ3n) is 1.39. The number of esters is 1. The van der Waals surface area contributed by atoms with E-state index in [1.54, 1.807) is 0 Å². The molecule has 12 heavy (non-hydrogen) atoms. The quantitative estimate of drug-likeness (QED) is 0.388. The SMILES string of the molecule is C=C(C(=O)OC)C(C)S(=O)(=O)O. The van der Waals surface area contributed by atoms with Crippen LogP contribution in [0, 0.1) is 0 Å². The number of hydrogen-bond donors (Lipinski definition) is 1. The van der Waals surface area contributed by atoms with Gasteiger partial charge in [0, 0.05) is 0 Å². The fourth-order valence-electron chi connectivity index (χ4n) is 0.477. The van der Waals surface area contributed by atoms with Gasteiger partial charge in [-0.25, -0.2) is 4.79 Å². The van der Waals surface area contributed by atoms with E-state index in [9.17, 15) is 13.2 Å². The molecule has 0 aliphatic heterocycles. The van der Waals surface area contributed by atoms with Gasteiger partial charge >= 0.3 is 5.97 Å². The maximum atomic E-state index is 10.7. The Balaban J connectivity index is 4.64. The first-order chi connectivity index (χ1) is 5.30. The van der Waals surface area contributed by atoms with E-state index in [2.05, 4.69) is 11.3 Å². The number of hydrogen-bond acceptors (Lipinski definition) is 4. The smallest absolute Gasteiger partial charge is 0.334 e. The van der Waals surface area contributed by atoms with Gasteiger partial charge in [0.15, 0.2) is 0 Å². The van der Waals surface area contributed by atoms with Gasteiger partial charge in [-0.05, 0) is 6.92 Å². The van der Waals surface area contributed by atoms with Gasteiger partial charge in [-0.2, -0.15) is 8.42 Å². The third kappa shape index (κ3) is 2.63. The lowest BCUT2D eigenvalue weighted by molar-refractivity contribution is -0.136. The standard InChI is InChI=1S/C6H10O5S/c1-4(6(7)11-3)5(2)12(8,9)10/h5H,1H2,2-3H3,(H,8,9,10). The van der Waals surface area contributed by atoms with Crippen molar-refractivity contribution >= 4 is 16.1 Å². The zero-order chi connectivity index (χ0) is 9.94. The third-order valence-corrected chi connectivity index (χ3v) is 2.56.